The Hall–Kier alpha value is 0.424. The van der Waals surface area contributed by atoms with Crippen molar-refractivity contribution in [2.45, 2.75) is 0 Å². The summed E-state index contributed by atoms with van der Waals surface area (Å²) in [5.74, 6) is 0. The number of hydrogen-bond acceptors (Lipinski definition) is 4. The van der Waals surface area contributed by atoms with Gasteiger partial charge in [-0.15, -0.1) is 0 Å². The summed E-state index contributed by atoms with van der Waals surface area (Å²) in [4.78, 5) is 0. The predicted molar refractivity (Wildman–Crippen MR) is 32.6 cm³/mol. The van der Waals surface area contributed by atoms with Crippen LogP contribution in [0.2, 0.25) is 0 Å². The summed E-state index contributed by atoms with van der Waals surface area (Å²) in [5.41, 5.74) is 0. The molecule has 1 radical (unpaired) electrons. The Morgan fingerprint density at radius 1 is 0.444 bits per heavy atom. The quantitative estimate of drug-likeness (QED) is 0.362. The van der Waals surface area contributed by atoms with Gasteiger partial charge < -0.3 is 20.4 Å². The van der Waals surface area contributed by atoms with Crippen molar-refractivity contribution in [3.63, 3.8) is 0 Å². The summed E-state index contributed by atoms with van der Waals surface area (Å²) in [7, 11) is 4.00. The van der Waals surface area contributed by atoms with Gasteiger partial charge in [-0.2, -0.15) is 0 Å². The van der Waals surface area contributed by atoms with Crippen LogP contribution >= 0.6 is 0 Å². The van der Waals surface area contributed by atoms with E-state index < -0.39 is 0 Å². The van der Waals surface area contributed by atoms with Crippen molar-refractivity contribution < 1.29 is 39.0 Å². The third-order valence-electron chi connectivity index (χ3n) is 0. The zero-order valence-electron chi connectivity index (χ0n) is 6.24. The first-order chi connectivity index (χ1) is 4.00. The van der Waals surface area contributed by atoms with Crippen LogP contribution in [0.3, 0.4) is 0 Å². The van der Waals surface area contributed by atoms with Crippen LogP contribution in [0.1, 0.15) is 0 Å². The summed E-state index contributed by atoms with van der Waals surface area (Å²) in [6.07, 6.45) is 0. The third kappa shape index (κ3) is 1930. The van der Waals surface area contributed by atoms with E-state index in [1.54, 1.807) is 0 Å². The Bertz CT molecular complexity index is 12.5. The topological polar surface area (TPSA) is 80.9 Å². The fourth-order valence-corrected chi connectivity index (χ4v) is 0. The fraction of sp³-hybridized carbons (Fsp3) is 1.00. The number of hydrogen-bond donors (Lipinski definition) is 4. The van der Waals surface area contributed by atoms with E-state index >= 15 is 0 Å². The van der Waals surface area contributed by atoms with Gasteiger partial charge in [0.15, 0.2) is 0 Å². The average molecular weight is 179 g/mol. The largest absolute Gasteiger partial charge is 0.400 e. The molecule has 4 nitrogen and oxygen atoms in total. The van der Waals surface area contributed by atoms with Gasteiger partial charge in [-0.1, -0.05) is 0 Å². The minimum absolute atomic E-state index is 0. The van der Waals surface area contributed by atoms with Gasteiger partial charge in [0.1, 0.15) is 0 Å². The number of rotatable bonds is 0. The molecular formula is C4H16O4V. The van der Waals surface area contributed by atoms with Crippen LogP contribution in [0.25, 0.3) is 0 Å². The summed E-state index contributed by atoms with van der Waals surface area (Å²) in [5, 5.41) is 28.0. The molecule has 0 saturated carbocycles. The van der Waals surface area contributed by atoms with Crippen LogP contribution in [-0.4, -0.2) is 48.9 Å². The molecule has 5 heteroatoms. The maximum absolute atomic E-state index is 7.00. The molecule has 61 valence electrons. The number of aliphatic hydroxyl groups excluding tert-OH is 4. The van der Waals surface area contributed by atoms with E-state index in [0.717, 1.165) is 28.4 Å². The van der Waals surface area contributed by atoms with Crippen molar-refractivity contribution in [2.75, 3.05) is 28.4 Å². The fourth-order valence-electron chi connectivity index (χ4n) is 0. The minimum atomic E-state index is 0. The first-order valence-corrected chi connectivity index (χ1v) is 1.79. The second kappa shape index (κ2) is 2580. The van der Waals surface area contributed by atoms with Crippen molar-refractivity contribution in [2.24, 2.45) is 0 Å². The zero-order chi connectivity index (χ0) is 8.00. The second-order valence-corrected chi connectivity index (χ2v) is 0. The van der Waals surface area contributed by atoms with Crippen LogP contribution in [0, 0.1) is 0 Å². The van der Waals surface area contributed by atoms with E-state index in [9.17, 15) is 0 Å². The van der Waals surface area contributed by atoms with Crippen LogP contribution < -0.4 is 0 Å². The van der Waals surface area contributed by atoms with Crippen LogP contribution in [-0.2, 0) is 18.6 Å². The molecule has 0 fully saturated rings. The molecule has 0 aliphatic carbocycles. The van der Waals surface area contributed by atoms with Gasteiger partial charge in [0.25, 0.3) is 0 Å². The van der Waals surface area contributed by atoms with Crippen LogP contribution in [0.4, 0.5) is 0 Å². The summed E-state index contributed by atoms with van der Waals surface area (Å²) < 4.78 is 0. The van der Waals surface area contributed by atoms with E-state index in [1.807, 2.05) is 0 Å². The molecule has 0 bridgehead atoms. The van der Waals surface area contributed by atoms with Crippen molar-refractivity contribution in [3.05, 3.63) is 0 Å². The average Bonchev–Trinajstić information content (AvgIpc) is 2.03. The summed E-state index contributed by atoms with van der Waals surface area (Å²) in [6.45, 7) is 0. The molecule has 0 aromatic rings. The maximum Gasteiger partial charge on any atom is 0.0319 e. The van der Waals surface area contributed by atoms with Crippen molar-refractivity contribution in [1.29, 1.82) is 0 Å². The molecule has 9 heavy (non-hydrogen) atoms. The molecule has 0 rings (SSSR count). The Morgan fingerprint density at radius 3 is 0.444 bits per heavy atom. The molecule has 0 aliphatic rings. The first kappa shape index (κ1) is 34.2. The molecule has 0 amide bonds. The van der Waals surface area contributed by atoms with Crippen molar-refractivity contribution in [1.82, 2.24) is 0 Å². The second-order valence-electron chi connectivity index (χ2n) is 0. The summed E-state index contributed by atoms with van der Waals surface area (Å²) in [6, 6.07) is 0. The smallest absolute Gasteiger partial charge is 0.0319 e. The third-order valence-corrected chi connectivity index (χ3v) is 0. The Morgan fingerprint density at radius 2 is 0.444 bits per heavy atom. The molecule has 0 saturated heterocycles. The standard InChI is InChI=1S/4CH4O.V/c4*1-2;/h4*2H,1H3;. The molecule has 0 aromatic heterocycles. The van der Waals surface area contributed by atoms with Crippen molar-refractivity contribution in [3.8, 4) is 0 Å². The van der Waals surface area contributed by atoms with Gasteiger partial charge in [-0.3, -0.25) is 0 Å². The van der Waals surface area contributed by atoms with E-state index in [2.05, 4.69) is 0 Å². The first-order valence-electron chi connectivity index (χ1n) is 1.79. The molecule has 0 heterocycles. The van der Waals surface area contributed by atoms with Gasteiger partial charge in [-0.25, -0.2) is 0 Å². The van der Waals surface area contributed by atoms with Crippen LogP contribution in [0.15, 0.2) is 0 Å². The monoisotopic (exact) mass is 179 g/mol. The minimum Gasteiger partial charge on any atom is -0.400 e. The Kier molecular flexibility index (Phi) is 9790. The van der Waals surface area contributed by atoms with Crippen LogP contribution in [0.5, 0.6) is 0 Å². The molecular weight excluding hydrogens is 163 g/mol. The van der Waals surface area contributed by atoms with E-state index in [1.165, 1.54) is 0 Å². The Labute approximate surface area is 68.0 Å². The van der Waals surface area contributed by atoms with Gasteiger partial charge >= 0.3 is 0 Å². The van der Waals surface area contributed by atoms with Gasteiger partial charge in [0.05, 0.1) is 0 Å². The molecule has 0 aromatic carbocycles. The van der Waals surface area contributed by atoms with Crippen molar-refractivity contribution >= 4 is 0 Å². The van der Waals surface area contributed by atoms with Gasteiger partial charge in [-0.05, 0) is 0 Å². The molecule has 0 unspecified atom stereocenters. The van der Waals surface area contributed by atoms with E-state index in [0.29, 0.717) is 0 Å². The molecule has 0 aliphatic heterocycles. The molecule has 0 atom stereocenters. The maximum atomic E-state index is 7.00. The SMILES string of the molecule is CO.CO.CO.CO.[V]. The normalized spacial score (nSPS) is 2.67. The van der Waals surface area contributed by atoms with Gasteiger partial charge in [0, 0.05) is 47.0 Å². The summed E-state index contributed by atoms with van der Waals surface area (Å²) >= 11 is 0. The number of aliphatic hydroxyl groups is 4. The predicted octanol–water partition coefficient (Wildman–Crippen LogP) is -1.57. The molecule has 4 N–H and O–H groups in total. The zero-order valence-corrected chi connectivity index (χ0v) is 7.63. The van der Waals surface area contributed by atoms with Gasteiger partial charge in [0.2, 0.25) is 0 Å². The van der Waals surface area contributed by atoms with E-state index in [-0.39, 0.29) is 18.6 Å². The van der Waals surface area contributed by atoms with E-state index in [4.69, 9.17) is 20.4 Å². The molecule has 0 spiro atoms. The Balaban J connectivity index is -0.00000000762.